The zero-order chi connectivity index (χ0) is 11.2. The van der Waals surface area contributed by atoms with Gasteiger partial charge in [-0.1, -0.05) is 13.3 Å². The number of carbonyl (C=O) groups is 1. The fourth-order valence-corrected chi connectivity index (χ4v) is 0.996. The molecule has 0 aliphatic carbocycles. The van der Waals surface area contributed by atoms with E-state index < -0.39 is 6.09 Å². The van der Waals surface area contributed by atoms with Gasteiger partial charge < -0.3 is 15.2 Å². The highest BCUT2D eigenvalue weighted by Crippen LogP contribution is 2.04. The predicted molar refractivity (Wildman–Crippen MR) is 55.2 cm³/mol. The van der Waals surface area contributed by atoms with Crippen molar-refractivity contribution < 1.29 is 14.6 Å². The summed E-state index contributed by atoms with van der Waals surface area (Å²) in [5.41, 5.74) is -0.302. The van der Waals surface area contributed by atoms with Crippen LogP contribution in [0, 0.1) is 0 Å². The average Bonchev–Trinajstić information content (AvgIpc) is 2.00. The average molecular weight is 203 g/mol. The van der Waals surface area contributed by atoms with E-state index in [9.17, 15) is 4.79 Å². The van der Waals surface area contributed by atoms with E-state index in [1.807, 2.05) is 27.7 Å². The summed E-state index contributed by atoms with van der Waals surface area (Å²) in [6.07, 6.45) is 0.717. The SMILES string of the molecule is CCC[C@H](CO)OC(=O)NC(C)(C)C. The van der Waals surface area contributed by atoms with Gasteiger partial charge in [-0.3, -0.25) is 0 Å². The van der Waals surface area contributed by atoms with Gasteiger partial charge in [-0.15, -0.1) is 0 Å². The number of hydrogen-bond acceptors (Lipinski definition) is 3. The van der Waals surface area contributed by atoms with Crippen molar-refractivity contribution in [2.75, 3.05) is 6.61 Å². The summed E-state index contributed by atoms with van der Waals surface area (Å²) in [7, 11) is 0. The number of alkyl carbamates (subject to hydrolysis) is 1. The molecular weight excluding hydrogens is 182 g/mol. The van der Waals surface area contributed by atoms with Gasteiger partial charge >= 0.3 is 6.09 Å². The third-order valence-electron chi connectivity index (χ3n) is 1.57. The number of nitrogens with one attached hydrogen (secondary N) is 1. The largest absolute Gasteiger partial charge is 0.444 e. The van der Waals surface area contributed by atoms with Gasteiger partial charge in [0.2, 0.25) is 0 Å². The van der Waals surface area contributed by atoms with E-state index in [1.165, 1.54) is 0 Å². The molecule has 14 heavy (non-hydrogen) atoms. The van der Waals surface area contributed by atoms with Gasteiger partial charge in [0.15, 0.2) is 0 Å². The van der Waals surface area contributed by atoms with Gasteiger partial charge in [0.05, 0.1) is 6.61 Å². The Morgan fingerprint density at radius 3 is 2.43 bits per heavy atom. The minimum Gasteiger partial charge on any atom is -0.444 e. The van der Waals surface area contributed by atoms with E-state index in [-0.39, 0.29) is 18.2 Å². The maximum Gasteiger partial charge on any atom is 0.407 e. The Labute approximate surface area is 85.6 Å². The molecule has 0 bridgehead atoms. The van der Waals surface area contributed by atoms with Crippen LogP contribution >= 0.6 is 0 Å². The van der Waals surface area contributed by atoms with Crippen LogP contribution in [0.15, 0.2) is 0 Å². The highest BCUT2D eigenvalue weighted by Gasteiger charge is 2.17. The van der Waals surface area contributed by atoms with Crippen LogP contribution in [0.25, 0.3) is 0 Å². The van der Waals surface area contributed by atoms with Crippen LogP contribution in [0.4, 0.5) is 4.79 Å². The molecule has 0 aromatic carbocycles. The summed E-state index contributed by atoms with van der Waals surface area (Å²) < 4.78 is 5.02. The molecule has 0 aliphatic rings. The van der Waals surface area contributed by atoms with Crippen molar-refractivity contribution in [2.24, 2.45) is 0 Å². The minimum atomic E-state index is -0.468. The smallest absolute Gasteiger partial charge is 0.407 e. The van der Waals surface area contributed by atoms with Crippen LogP contribution in [0.3, 0.4) is 0 Å². The lowest BCUT2D eigenvalue weighted by Crippen LogP contribution is -2.42. The van der Waals surface area contributed by atoms with Crippen LogP contribution in [0.1, 0.15) is 40.5 Å². The van der Waals surface area contributed by atoms with Gasteiger partial charge in [0, 0.05) is 5.54 Å². The topological polar surface area (TPSA) is 58.6 Å². The maximum atomic E-state index is 11.3. The Morgan fingerprint density at radius 1 is 1.50 bits per heavy atom. The van der Waals surface area contributed by atoms with Crippen molar-refractivity contribution >= 4 is 6.09 Å². The lowest BCUT2D eigenvalue weighted by Gasteiger charge is -2.22. The Balaban J connectivity index is 3.91. The zero-order valence-electron chi connectivity index (χ0n) is 9.46. The Hall–Kier alpha value is -0.770. The van der Waals surface area contributed by atoms with Crippen molar-refractivity contribution in [3.8, 4) is 0 Å². The third-order valence-corrected chi connectivity index (χ3v) is 1.57. The molecule has 0 radical (unpaired) electrons. The summed E-state index contributed by atoms with van der Waals surface area (Å²) >= 11 is 0. The van der Waals surface area contributed by atoms with E-state index in [2.05, 4.69) is 5.32 Å². The molecule has 0 unspecified atom stereocenters. The number of ether oxygens (including phenoxy) is 1. The first-order valence-corrected chi connectivity index (χ1v) is 4.98. The lowest BCUT2D eigenvalue weighted by molar-refractivity contribution is 0.0485. The normalized spacial score (nSPS) is 13.5. The van der Waals surface area contributed by atoms with E-state index in [0.29, 0.717) is 6.42 Å². The van der Waals surface area contributed by atoms with Gasteiger partial charge in [0.25, 0.3) is 0 Å². The number of rotatable bonds is 4. The molecule has 0 spiro atoms. The molecular formula is C10H21NO3. The second kappa shape index (κ2) is 5.86. The number of aliphatic hydroxyl groups is 1. The second-order valence-corrected chi connectivity index (χ2v) is 4.37. The zero-order valence-corrected chi connectivity index (χ0v) is 9.46. The quantitative estimate of drug-likeness (QED) is 0.730. The molecule has 4 heteroatoms. The van der Waals surface area contributed by atoms with Gasteiger partial charge in [-0.25, -0.2) is 4.79 Å². The van der Waals surface area contributed by atoms with E-state index in [1.54, 1.807) is 0 Å². The highest BCUT2D eigenvalue weighted by molar-refractivity contribution is 5.68. The van der Waals surface area contributed by atoms with Crippen LogP contribution in [-0.4, -0.2) is 29.4 Å². The Bertz CT molecular complexity index is 175. The van der Waals surface area contributed by atoms with Gasteiger partial charge in [0.1, 0.15) is 6.10 Å². The summed E-state index contributed by atoms with van der Waals surface area (Å²) in [5, 5.41) is 11.6. The molecule has 1 atom stereocenters. The first-order valence-electron chi connectivity index (χ1n) is 4.98. The second-order valence-electron chi connectivity index (χ2n) is 4.37. The van der Waals surface area contributed by atoms with Crippen molar-refractivity contribution in [2.45, 2.75) is 52.2 Å². The van der Waals surface area contributed by atoms with Crippen molar-refractivity contribution in [3.63, 3.8) is 0 Å². The van der Waals surface area contributed by atoms with Crippen molar-refractivity contribution in [1.82, 2.24) is 5.32 Å². The fraction of sp³-hybridized carbons (Fsp3) is 0.900. The molecule has 0 saturated carbocycles. The van der Waals surface area contributed by atoms with Crippen molar-refractivity contribution in [1.29, 1.82) is 0 Å². The Kier molecular flexibility index (Phi) is 5.53. The molecule has 2 N–H and O–H groups in total. The molecule has 0 heterocycles. The number of carbonyl (C=O) groups excluding carboxylic acids is 1. The molecule has 0 saturated heterocycles. The van der Waals surface area contributed by atoms with E-state index in [0.717, 1.165) is 6.42 Å². The predicted octanol–water partition coefficient (Wildman–Crippen LogP) is 1.67. The molecule has 0 aromatic rings. The van der Waals surface area contributed by atoms with Crippen LogP contribution in [0.2, 0.25) is 0 Å². The highest BCUT2D eigenvalue weighted by atomic mass is 16.6. The van der Waals surface area contributed by atoms with E-state index >= 15 is 0 Å². The molecule has 0 aromatic heterocycles. The lowest BCUT2D eigenvalue weighted by atomic mass is 10.1. The minimum absolute atomic E-state index is 0.120. The van der Waals surface area contributed by atoms with Gasteiger partial charge in [-0.2, -0.15) is 0 Å². The number of aliphatic hydroxyl groups excluding tert-OH is 1. The fourth-order valence-electron chi connectivity index (χ4n) is 0.996. The first-order chi connectivity index (χ1) is 6.39. The number of hydrogen-bond donors (Lipinski definition) is 2. The third kappa shape index (κ3) is 6.71. The summed E-state index contributed by atoms with van der Waals surface area (Å²) in [6.45, 7) is 7.49. The molecule has 4 nitrogen and oxygen atoms in total. The van der Waals surface area contributed by atoms with Crippen LogP contribution in [0.5, 0.6) is 0 Å². The van der Waals surface area contributed by atoms with E-state index in [4.69, 9.17) is 9.84 Å². The molecule has 0 fully saturated rings. The summed E-state index contributed by atoms with van der Waals surface area (Å²) in [4.78, 5) is 11.3. The Morgan fingerprint density at radius 2 is 2.07 bits per heavy atom. The van der Waals surface area contributed by atoms with Gasteiger partial charge in [-0.05, 0) is 27.2 Å². The number of amides is 1. The molecule has 84 valence electrons. The molecule has 0 aliphatic heterocycles. The monoisotopic (exact) mass is 203 g/mol. The summed E-state index contributed by atoms with van der Waals surface area (Å²) in [5.74, 6) is 0. The maximum absolute atomic E-state index is 11.3. The standard InChI is InChI=1S/C10H21NO3/c1-5-6-8(7-12)14-9(13)11-10(2,3)4/h8,12H,5-7H2,1-4H3,(H,11,13)/t8-/m1/s1. The molecule has 1 amide bonds. The van der Waals surface area contributed by atoms with Crippen LogP contribution < -0.4 is 5.32 Å². The molecule has 0 rings (SSSR count). The van der Waals surface area contributed by atoms with Crippen LogP contribution in [-0.2, 0) is 4.74 Å². The summed E-state index contributed by atoms with van der Waals surface area (Å²) in [6, 6.07) is 0. The van der Waals surface area contributed by atoms with Crippen molar-refractivity contribution in [3.05, 3.63) is 0 Å². The first kappa shape index (κ1) is 13.2.